The van der Waals surface area contributed by atoms with E-state index in [2.05, 4.69) is 0 Å². The predicted molar refractivity (Wildman–Crippen MR) is 54.4 cm³/mol. The summed E-state index contributed by atoms with van der Waals surface area (Å²) < 4.78 is 0. The summed E-state index contributed by atoms with van der Waals surface area (Å²) >= 11 is 0. The van der Waals surface area contributed by atoms with E-state index in [1.165, 1.54) is 0 Å². The summed E-state index contributed by atoms with van der Waals surface area (Å²) in [6.45, 7) is 8.05. The Hall–Kier alpha value is -0.120. The molecule has 0 rings (SSSR count). The fourth-order valence-corrected chi connectivity index (χ4v) is 1.45. The second-order valence-electron chi connectivity index (χ2n) is 4.73. The summed E-state index contributed by atoms with van der Waals surface area (Å²) in [4.78, 5) is 0. The summed E-state index contributed by atoms with van der Waals surface area (Å²) in [7, 11) is 0. The largest absolute Gasteiger partial charge is 0.392 e. The van der Waals surface area contributed by atoms with Crippen molar-refractivity contribution < 1.29 is 10.2 Å². The first kappa shape index (κ1) is 12.9. The summed E-state index contributed by atoms with van der Waals surface area (Å²) in [5.41, 5.74) is 4.26. The van der Waals surface area contributed by atoms with Crippen LogP contribution in [0.3, 0.4) is 0 Å². The Morgan fingerprint density at radius 3 is 2.00 bits per heavy atom. The van der Waals surface area contributed by atoms with Crippen molar-refractivity contribution >= 4 is 0 Å². The standard InChI is InChI=1S/C10H23NO2/c1-5-10(13,9(2,3)4)6-8(12)7-11/h8,12-13H,5-7,11H2,1-4H3/t8-,10+/m0/s1. The van der Waals surface area contributed by atoms with Crippen molar-refractivity contribution in [1.82, 2.24) is 0 Å². The Balaban J connectivity index is 4.46. The minimum atomic E-state index is -0.828. The van der Waals surface area contributed by atoms with Crippen LogP contribution in [0.1, 0.15) is 40.5 Å². The van der Waals surface area contributed by atoms with Crippen LogP contribution in [0.5, 0.6) is 0 Å². The maximum absolute atomic E-state index is 10.2. The molecule has 3 heteroatoms. The molecular weight excluding hydrogens is 166 g/mol. The normalized spacial score (nSPS) is 19.6. The van der Waals surface area contributed by atoms with Crippen molar-refractivity contribution in [2.75, 3.05) is 6.54 Å². The molecule has 0 aliphatic carbocycles. The van der Waals surface area contributed by atoms with Crippen molar-refractivity contribution in [3.05, 3.63) is 0 Å². The van der Waals surface area contributed by atoms with Gasteiger partial charge in [-0.15, -0.1) is 0 Å². The second-order valence-corrected chi connectivity index (χ2v) is 4.73. The van der Waals surface area contributed by atoms with E-state index in [1.54, 1.807) is 0 Å². The third kappa shape index (κ3) is 3.25. The summed E-state index contributed by atoms with van der Waals surface area (Å²) in [5, 5.41) is 19.6. The van der Waals surface area contributed by atoms with E-state index in [0.29, 0.717) is 12.8 Å². The van der Waals surface area contributed by atoms with E-state index in [0.717, 1.165) is 0 Å². The fourth-order valence-electron chi connectivity index (χ4n) is 1.45. The minimum absolute atomic E-state index is 0.207. The zero-order valence-corrected chi connectivity index (χ0v) is 9.17. The van der Waals surface area contributed by atoms with E-state index >= 15 is 0 Å². The van der Waals surface area contributed by atoms with Crippen LogP contribution in [0.25, 0.3) is 0 Å². The van der Waals surface area contributed by atoms with E-state index in [4.69, 9.17) is 5.73 Å². The Kier molecular flexibility index (Phi) is 4.36. The first-order chi connectivity index (χ1) is 5.77. The first-order valence-corrected chi connectivity index (χ1v) is 4.87. The molecule has 3 nitrogen and oxygen atoms in total. The van der Waals surface area contributed by atoms with Gasteiger partial charge in [-0.25, -0.2) is 0 Å². The average molecular weight is 189 g/mol. The maximum atomic E-state index is 10.2. The predicted octanol–water partition coefficient (Wildman–Crippen LogP) is 0.883. The molecule has 13 heavy (non-hydrogen) atoms. The highest BCUT2D eigenvalue weighted by molar-refractivity contribution is 4.91. The molecule has 0 amide bonds. The number of rotatable bonds is 4. The summed E-state index contributed by atoms with van der Waals surface area (Å²) in [6.07, 6.45) is 0.376. The maximum Gasteiger partial charge on any atom is 0.0718 e. The molecule has 2 atom stereocenters. The van der Waals surface area contributed by atoms with Crippen LogP contribution in [0.4, 0.5) is 0 Å². The van der Waals surface area contributed by atoms with Crippen LogP contribution in [-0.4, -0.2) is 28.5 Å². The van der Waals surface area contributed by atoms with Gasteiger partial charge in [0.1, 0.15) is 0 Å². The quantitative estimate of drug-likeness (QED) is 0.615. The van der Waals surface area contributed by atoms with Crippen LogP contribution in [-0.2, 0) is 0 Å². The van der Waals surface area contributed by atoms with Crippen molar-refractivity contribution in [2.45, 2.75) is 52.2 Å². The third-order valence-corrected chi connectivity index (χ3v) is 2.83. The molecule has 80 valence electrons. The van der Waals surface area contributed by atoms with Crippen molar-refractivity contribution in [3.8, 4) is 0 Å². The van der Waals surface area contributed by atoms with E-state index < -0.39 is 11.7 Å². The van der Waals surface area contributed by atoms with Gasteiger partial charge in [-0.05, 0) is 11.8 Å². The SMILES string of the molecule is CC[C@@](O)(C[C@H](O)CN)C(C)(C)C. The van der Waals surface area contributed by atoms with Gasteiger partial charge in [0.15, 0.2) is 0 Å². The molecule has 0 aromatic rings. The molecule has 0 unspecified atom stereocenters. The fraction of sp³-hybridized carbons (Fsp3) is 1.00. The minimum Gasteiger partial charge on any atom is -0.392 e. The van der Waals surface area contributed by atoms with E-state index in [1.807, 2.05) is 27.7 Å². The van der Waals surface area contributed by atoms with Gasteiger partial charge in [0.2, 0.25) is 0 Å². The van der Waals surface area contributed by atoms with Gasteiger partial charge >= 0.3 is 0 Å². The summed E-state index contributed by atoms with van der Waals surface area (Å²) in [6, 6.07) is 0. The number of hydrogen-bond acceptors (Lipinski definition) is 3. The monoisotopic (exact) mass is 189 g/mol. The smallest absolute Gasteiger partial charge is 0.0718 e. The summed E-state index contributed by atoms with van der Waals surface area (Å²) in [5.74, 6) is 0. The second kappa shape index (κ2) is 4.40. The van der Waals surface area contributed by atoms with Gasteiger partial charge in [-0.1, -0.05) is 27.7 Å². The number of nitrogens with two attached hydrogens (primary N) is 1. The van der Waals surface area contributed by atoms with Crippen LogP contribution in [0.2, 0.25) is 0 Å². The van der Waals surface area contributed by atoms with Gasteiger partial charge in [-0.3, -0.25) is 0 Å². The Morgan fingerprint density at radius 1 is 1.31 bits per heavy atom. The topological polar surface area (TPSA) is 66.5 Å². The number of aliphatic hydroxyl groups is 2. The lowest BCUT2D eigenvalue weighted by Crippen LogP contribution is -2.46. The molecule has 0 aliphatic rings. The Morgan fingerprint density at radius 2 is 1.77 bits per heavy atom. The molecule has 0 bridgehead atoms. The van der Waals surface area contributed by atoms with Crippen LogP contribution in [0.15, 0.2) is 0 Å². The number of aliphatic hydroxyl groups excluding tert-OH is 1. The lowest BCUT2D eigenvalue weighted by Gasteiger charge is -2.41. The molecule has 0 aliphatic heterocycles. The third-order valence-electron chi connectivity index (χ3n) is 2.83. The molecule has 0 aromatic heterocycles. The van der Waals surface area contributed by atoms with Crippen molar-refractivity contribution in [3.63, 3.8) is 0 Å². The molecule has 4 N–H and O–H groups in total. The zero-order valence-electron chi connectivity index (χ0n) is 9.17. The Labute approximate surface area is 81.0 Å². The Bertz CT molecular complexity index is 153. The average Bonchev–Trinajstić information content (AvgIpc) is 2.02. The lowest BCUT2D eigenvalue weighted by molar-refractivity contribution is -0.0899. The molecule has 0 heterocycles. The molecule has 0 aromatic carbocycles. The van der Waals surface area contributed by atoms with Gasteiger partial charge < -0.3 is 15.9 Å². The van der Waals surface area contributed by atoms with Crippen molar-refractivity contribution in [1.29, 1.82) is 0 Å². The van der Waals surface area contributed by atoms with Crippen molar-refractivity contribution in [2.24, 2.45) is 11.1 Å². The van der Waals surface area contributed by atoms with Gasteiger partial charge in [0.05, 0.1) is 11.7 Å². The van der Waals surface area contributed by atoms with Gasteiger partial charge in [-0.2, -0.15) is 0 Å². The molecule has 0 saturated carbocycles. The molecule has 0 spiro atoms. The van der Waals surface area contributed by atoms with Crippen LogP contribution >= 0.6 is 0 Å². The van der Waals surface area contributed by atoms with Crippen LogP contribution < -0.4 is 5.73 Å². The highest BCUT2D eigenvalue weighted by Crippen LogP contribution is 2.36. The number of hydrogen-bond donors (Lipinski definition) is 3. The zero-order chi connectivity index (χ0) is 10.7. The molecule has 0 radical (unpaired) electrons. The van der Waals surface area contributed by atoms with Gasteiger partial charge in [0, 0.05) is 13.0 Å². The van der Waals surface area contributed by atoms with Gasteiger partial charge in [0.25, 0.3) is 0 Å². The highest BCUT2D eigenvalue weighted by Gasteiger charge is 2.39. The first-order valence-electron chi connectivity index (χ1n) is 4.87. The van der Waals surface area contributed by atoms with E-state index in [9.17, 15) is 10.2 Å². The molecule has 0 saturated heterocycles. The molecular formula is C10H23NO2. The van der Waals surface area contributed by atoms with Crippen LogP contribution in [0, 0.1) is 5.41 Å². The lowest BCUT2D eigenvalue weighted by atomic mass is 9.72. The van der Waals surface area contributed by atoms with E-state index in [-0.39, 0.29) is 12.0 Å². The highest BCUT2D eigenvalue weighted by atomic mass is 16.3. The molecule has 0 fully saturated rings.